The zero-order valence-corrected chi connectivity index (χ0v) is 15.2. The Morgan fingerprint density at radius 3 is 2.48 bits per heavy atom. The molecule has 0 spiro atoms. The van der Waals surface area contributed by atoms with Crippen molar-refractivity contribution in [2.24, 2.45) is 0 Å². The number of hydrogen-bond acceptors (Lipinski definition) is 4. The summed E-state index contributed by atoms with van der Waals surface area (Å²) in [7, 11) is 0. The zero-order valence-electron chi connectivity index (χ0n) is 13.7. The molecule has 0 saturated carbocycles. The van der Waals surface area contributed by atoms with E-state index in [2.05, 4.69) is 36.5 Å². The fraction of sp³-hybridized carbons (Fsp3) is 0.105. The summed E-state index contributed by atoms with van der Waals surface area (Å²) in [5.41, 5.74) is 3.53. The number of benzene rings is 2. The second-order valence-electron chi connectivity index (χ2n) is 5.60. The SMILES string of the molecule is Cc1ccc(CNC(=O)c2cnc(Nc3cccc(Br)c3)nc2)cc1. The highest BCUT2D eigenvalue weighted by Crippen LogP contribution is 2.18. The molecule has 0 aliphatic heterocycles. The first-order valence-electron chi connectivity index (χ1n) is 7.78. The minimum Gasteiger partial charge on any atom is -0.348 e. The van der Waals surface area contributed by atoms with Crippen LogP contribution < -0.4 is 10.6 Å². The fourth-order valence-corrected chi connectivity index (χ4v) is 2.59. The van der Waals surface area contributed by atoms with Gasteiger partial charge in [-0.1, -0.05) is 51.8 Å². The average molecular weight is 397 g/mol. The highest BCUT2D eigenvalue weighted by Gasteiger charge is 2.07. The number of halogens is 1. The summed E-state index contributed by atoms with van der Waals surface area (Å²) in [4.78, 5) is 20.6. The molecule has 0 unspecified atom stereocenters. The Hall–Kier alpha value is -2.73. The van der Waals surface area contributed by atoms with Crippen molar-refractivity contribution in [1.29, 1.82) is 0 Å². The van der Waals surface area contributed by atoms with Crippen LogP contribution in [0.5, 0.6) is 0 Å². The topological polar surface area (TPSA) is 66.9 Å². The Morgan fingerprint density at radius 2 is 1.80 bits per heavy atom. The minimum atomic E-state index is -0.199. The van der Waals surface area contributed by atoms with E-state index in [0.717, 1.165) is 15.7 Å². The van der Waals surface area contributed by atoms with Gasteiger partial charge in [0.1, 0.15) is 0 Å². The third kappa shape index (κ3) is 4.87. The van der Waals surface area contributed by atoms with E-state index in [4.69, 9.17) is 0 Å². The second-order valence-corrected chi connectivity index (χ2v) is 6.51. The lowest BCUT2D eigenvalue weighted by Crippen LogP contribution is -2.23. The first-order valence-corrected chi connectivity index (χ1v) is 8.58. The van der Waals surface area contributed by atoms with Gasteiger partial charge < -0.3 is 10.6 Å². The lowest BCUT2D eigenvalue weighted by atomic mass is 10.1. The summed E-state index contributed by atoms with van der Waals surface area (Å²) in [6, 6.07) is 15.7. The predicted octanol–water partition coefficient (Wildman–Crippen LogP) is 4.22. The smallest absolute Gasteiger partial charge is 0.254 e. The van der Waals surface area contributed by atoms with E-state index in [9.17, 15) is 4.79 Å². The number of carbonyl (C=O) groups is 1. The molecule has 126 valence electrons. The van der Waals surface area contributed by atoms with Crippen molar-refractivity contribution in [3.63, 3.8) is 0 Å². The van der Waals surface area contributed by atoms with Gasteiger partial charge in [-0.3, -0.25) is 4.79 Å². The van der Waals surface area contributed by atoms with Crippen molar-refractivity contribution in [2.45, 2.75) is 13.5 Å². The molecule has 5 nitrogen and oxygen atoms in total. The van der Waals surface area contributed by atoms with Gasteiger partial charge in [0, 0.05) is 29.1 Å². The molecule has 3 aromatic rings. The molecule has 0 fully saturated rings. The molecule has 1 heterocycles. The largest absolute Gasteiger partial charge is 0.348 e. The average Bonchev–Trinajstić information content (AvgIpc) is 2.62. The molecule has 1 amide bonds. The maximum absolute atomic E-state index is 12.2. The first-order chi connectivity index (χ1) is 12.1. The number of carbonyl (C=O) groups excluding carboxylic acids is 1. The van der Waals surface area contributed by atoms with Crippen molar-refractivity contribution >= 4 is 33.5 Å². The highest BCUT2D eigenvalue weighted by molar-refractivity contribution is 9.10. The van der Waals surface area contributed by atoms with Gasteiger partial charge in [-0.15, -0.1) is 0 Å². The molecular weight excluding hydrogens is 380 g/mol. The van der Waals surface area contributed by atoms with Gasteiger partial charge in [-0.25, -0.2) is 9.97 Å². The van der Waals surface area contributed by atoms with E-state index in [0.29, 0.717) is 18.1 Å². The van der Waals surface area contributed by atoms with Gasteiger partial charge in [0.05, 0.1) is 5.56 Å². The van der Waals surface area contributed by atoms with E-state index < -0.39 is 0 Å². The summed E-state index contributed by atoms with van der Waals surface area (Å²) in [5.74, 6) is 0.239. The molecule has 0 atom stereocenters. The van der Waals surface area contributed by atoms with Gasteiger partial charge >= 0.3 is 0 Å². The lowest BCUT2D eigenvalue weighted by Gasteiger charge is -2.07. The maximum Gasteiger partial charge on any atom is 0.254 e. The Bertz CT molecular complexity index is 863. The Labute approximate surface area is 154 Å². The van der Waals surface area contributed by atoms with E-state index >= 15 is 0 Å². The van der Waals surface area contributed by atoms with Crippen LogP contribution in [-0.4, -0.2) is 15.9 Å². The molecule has 0 saturated heterocycles. The third-order valence-corrected chi connectivity index (χ3v) is 4.06. The molecule has 0 bridgehead atoms. The number of aromatic nitrogens is 2. The number of nitrogens with zero attached hydrogens (tertiary/aromatic N) is 2. The van der Waals surface area contributed by atoms with Gasteiger partial charge in [0.25, 0.3) is 5.91 Å². The third-order valence-electron chi connectivity index (χ3n) is 3.57. The van der Waals surface area contributed by atoms with E-state index in [1.54, 1.807) is 0 Å². The normalized spacial score (nSPS) is 10.3. The standard InChI is InChI=1S/C19H17BrN4O/c1-13-5-7-14(8-6-13)10-21-18(25)15-11-22-19(23-12-15)24-17-4-2-3-16(20)9-17/h2-9,11-12H,10H2,1H3,(H,21,25)(H,22,23,24). The van der Waals surface area contributed by atoms with Crippen LogP contribution in [0.25, 0.3) is 0 Å². The molecule has 0 aliphatic rings. The summed E-state index contributed by atoms with van der Waals surface area (Å²) >= 11 is 3.41. The molecule has 1 aromatic heterocycles. The summed E-state index contributed by atoms with van der Waals surface area (Å²) in [6.07, 6.45) is 3.02. The van der Waals surface area contributed by atoms with Crippen LogP contribution in [0.1, 0.15) is 21.5 Å². The van der Waals surface area contributed by atoms with Crippen molar-refractivity contribution < 1.29 is 4.79 Å². The summed E-state index contributed by atoms with van der Waals surface area (Å²) in [5, 5.41) is 5.96. The van der Waals surface area contributed by atoms with Crippen molar-refractivity contribution in [1.82, 2.24) is 15.3 Å². The van der Waals surface area contributed by atoms with Gasteiger partial charge in [0.15, 0.2) is 0 Å². The number of aryl methyl sites for hydroxylation is 1. The van der Waals surface area contributed by atoms with Crippen molar-refractivity contribution in [2.75, 3.05) is 5.32 Å². The summed E-state index contributed by atoms with van der Waals surface area (Å²) in [6.45, 7) is 2.50. The van der Waals surface area contributed by atoms with E-state index in [1.807, 2.05) is 55.5 Å². The van der Waals surface area contributed by atoms with Gasteiger partial charge in [0.2, 0.25) is 5.95 Å². The van der Waals surface area contributed by atoms with Gasteiger partial charge in [-0.05, 0) is 30.7 Å². The molecule has 0 radical (unpaired) electrons. The lowest BCUT2D eigenvalue weighted by molar-refractivity contribution is 0.0950. The molecule has 0 aliphatic carbocycles. The number of rotatable bonds is 5. The van der Waals surface area contributed by atoms with Crippen molar-refractivity contribution in [3.05, 3.63) is 82.1 Å². The van der Waals surface area contributed by atoms with Crippen LogP contribution in [0.2, 0.25) is 0 Å². The predicted molar refractivity (Wildman–Crippen MR) is 102 cm³/mol. The molecule has 25 heavy (non-hydrogen) atoms. The number of nitrogens with one attached hydrogen (secondary N) is 2. The van der Waals surface area contributed by atoms with Gasteiger partial charge in [-0.2, -0.15) is 0 Å². The first kappa shape index (κ1) is 17.1. The summed E-state index contributed by atoms with van der Waals surface area (Å²) < 4.78 is 0.963. The van der Waals surface area contributed by atoms with E-state index in [-0.39, 0.29) is 5.91 Å². The maximum atomic E-state index is 12.2. The van der Waals surface area contributed by atoms with Crippen LogP contribution in [0.4, 0.5) is 11.6 Å². The van der Waals surface area contributed by atoms with Crippen LogP contribution in [0.3, 0.4) is 0 Å². The highest BCUT2D eigenvalue weighted by atomic mass is 79.9. The number of hydrogen-bond donors (Lipinski definition) is 2. The Kier molecular flexibility index (Phi) is 5.40. The van der Waals surface area contributed by atoms with Crippen LogP contribution in [0.15, 0.2) is 65.4 Å². The Balaban J connectivity index is 1.59. The Morgan fingerprint density at radius 1 is 1.08 bits per heavy atom. The van der Waals surface area contributed by atoms with E-state index in [1.165, 1.54) is 18.0 Å². The van der Waals surface area contributed by atoms with Crippen LogP contribution in [0, 0.1) is 6.92 Å². The molecular formula is C19H17BrN4O. The monoisotopic (exact) mass is 396 g/mol. The molecule has 2 N–H and O–H groups in total. The zero-order chi connectivity index (χ0) is 17.6. The quantitative estimate of drug-likeness (QED) is 0.677. The second kappa shape index (κ2) is 7.90. The molecule has 3 rings (SSSR count). The molecule has 6 heteroatoms. The number of anilines is 2. The molecule has 2 aromatic carbocycles. The van der Waals surface area contributed by atoms with Crippen LogP contribution in [-0.2, 0) is 6.54 Å². The minimum absolute atomic E-state index is 0.199. The number of amides is 1. The fourth-order valence-electron chi connectivity index (χ4n) is 2.20. The van der Waals surface area contributed by atoms with Crippen LogP contribution >= 0.6 is 15.9 Å². The van der Waals surface area contributed by atoms with Crippen molar-refractivity contribution in [3.8, 4) is 0 Å².